The molecule has 6 nitrogen and oxygen atoms in total. The molecular weight excluding hydrogens is 494 g/mol. The lowest BCUT2D eigenvalue weighted by atomic mass is 10.0. The van der Waals surface area contributed by atoms with E-state index in [9.17, 15) is 9.00 Å². The summed E-state index contributed by atoms with van der Waals surface area (Å²) in [6, 6.07) is 15.5. The Morgan fingerprint density at radius 3 is 2.75 bits per heavy atom. The van der Waals surface area contributed by atoms with Crippen molar-refractivity contribution in [3.05, 3.63) is 76.2 Å². The molecule has 2 heterocycles. The predicted molar refractivity (Wildman–Crippen MR) is 146 cm³/mol. The van der Waals surface area contributed by atoms with Gasteiger partial charge in [-0.05, 0) is 74.5 Å². The first-order valence-corrected chi connectivity index (χ1v) is 13.6. The van der Waals surface area contributed by atoms with Gasteiger partial charge in [0, 0.05) is 21.4 Å². The maximum atomic E-state index is 12.3. The van der Waals surface area contributed by atoms with Crippen LogP contribution < -0.4 is 4.74 Å². The summed E-state index contributed by atoms with van der Waals surface area (Å²) in [4.78, 5) is 12.9. The van der Waals surface area contributed by atoms with Gasteiger partial charge in [0.25, 0.3) is 0 Å². The van der Waals surface area contributed by atoms with E-state index in [1.54, 1.807) is 19.4 Å². The minimum atomic E-state index is -1.31. The zero-order valence-corrected chi connectivity index (χ0v) is 22.4. The third-order valence-electron chi connectivity index (χ3n) is 5.35. The van der Waals surface area contributed by atoms with Crippen LogP contribution in [0.3, 0.4) is 0 Å². The van der Waals surface area contributed by atoms with Gasteiger partial charge in [-0.3, -0.25) is 4.79 Å². The fourth-order valence-corrected chi connectivity index (χ4v) is 4.94. The summed E-state index contributed by atoms with van der Waals surface area (Å²) in [5.74, 6) is 0.374. The number of esters is 1. The van der Waals surface area contributed by atoms with Crippen LogP contribution in [0.4, 0.5) is 0 Å². The van der Waals surface area contributed by atoms with E-state index in [4.69, 9.17) is 13.9 Å². The van der Waals surface area contributed by atoms with E-state index >= 15 is 0 Å². The van der Waals surface area contributed by atoms with E-state index in [1.165, 1.54) is 11.3 Å². The molecule has 188 valence electrons. The molecule has 0 aliphatic rings. The highest BCUT2D eigenvalue weighted by atomic mass is 32.2. The lowest BCUT2D eigenvalue weighted by Crippen LogP contribution is -2.19. The second-order valence-corrected chi connectivity index (χ2v) is 12.1. The van der Waals surface area contributed by atoms with Crippen LogP contribution in [-0.4, -0.2) is 27.7 Å². The summed E-state index contributed by atoms with van der Waals surface area (Å²) in [5, 5.41) is 3.01. The molecule has 0 saturated heterocycles. The molecule has 0 radical (unpaired) electrons. The third-order valence-corrected chi connectivity index (χ3v) is 7.56. The average molecular weight is 524 g/mol. The van der Waals surface area contributed by atoms with Crippen LogP contribution in [0.1, 0.15) is 43.7 Å². The van der Waals surface area contributed by atoms with Crippen LogP contribution in [-0.2, 0) is 33.5 Å². The highest BCUT2D eigenvalue weighted by Crippen LogP contribution is 2.34. The molecule has 8 heteroatoms. The first kappa shape index (κ1) is 25.9. The molecule has 0 saturated carbocycles. The molecule has 0 amide bonds. The molecule has 0 aliphatic heterocycles. The Balaban J connectivity index is 1.57. The van der Waals surface area contributed by atoms with Crippen LogP contribution in [0.5, 0.6) is 5.75 Å². The second-order valence-electron chi connectivity index (χ2n) is 9.19. The van der Waals surface area contributed by atoms with Crippen molar-refractivity contribution < 1.29 is 22.9 Å². The van der Waals surface area contributed by atoms with Crippen LogP contribution in [0.25, 0.3) is 22.1 Å². The highest BCUT2D eigenvalue weighted by Gasteiger charge is 2.18. The van der Waals surface area contributed by atoms with Crippen LogP contribution in [0.15, 0.2) is 69.0 Å². The van der Waals surface area contributed by atoms with Crippen molar-refractivity contribution in [2.45, 2.75) is 45.5 Å². The van der Waals surface area contributed by atoms with Gasteiger partial charge in [-0.1, -0.05) is 18.2 Å². The molecule has 1 unspecified atom stereocenters. The molecule has 1 atom stereocenters. The largest absolute Gasteiger partial charge is 0.489 e. The maximum Gasteiger partial charge on any atom is 0.310 e. The Morgan fingerprint density at radius 1 is 1.17 bits per heavy atom. The van der Waals surface area contributed by atoms with Crippen molar-refractivity contribution >= 4 is 45.5 Å². The summed E-state index contributed by atoms with van der Waals surface area (Å²) in [6.45, 7) is 8.17. The standard InChI is InChI=1S/C28H29NO5S2/c1-5-32-26(30)15-20-8-6-7-9-25(20)34-17-19-12-21-10-11-33-27(21)24(13-19)22-14-23(35-18-22)16-29-36(31)28(2,3)4/h6-14,16,18H,5,15,17H2,1-4H3/b29-16+. The number of nitrogens with zero attached hydrogens (tertiary/aromatic N) is 1. The summed E-state index contributed by atoms with van der Waals surface area (Å²) < 4.78 is 33.1. The molecule has 0 aliphatic carbocycles. The number of fused-ring (bicyclic) bond motifs is 1. The highest BCUT2D eigenvalue weighted by molar-refractivity contribution is 7.85. The molecule has 0 bridgehead atoms. The zero-order chi connectivity index (χ0) is 25.7. The average Bonchev–Trinajstić information content (AvgIpc) is 3.50. The topological polar surface area (TPSA) is 78.1 Å². The number of para-hydroxylation sites is 1. The summed E-state index contributed by atoms with van der Waals surface area (Å²) in [5.41, 5.74) is 4.49. The Bertz CT molecular complexity index is 1410. The molecule has 2 aromatic heterocycles. The van der Waals surface area contributed by atoms with Gasteiger partial charge < -0.3 is 13.9 Å². The molecule has 0 fully saturated rings. The van der Waals surface area contributed by atoms with E-state index < -0.39 is 15.7 Å². The maximum absolute atomic E-state index is 12.3. The first-order chi connectivity index (χ1) is 17.2. The van der Waals surface area contributed by atoms with Crippen molar-refractivity contribution in [2.75, 3.05) is 6.61 Å². The molecule has 4 rings (SSSR count). The Hall–Kier alpha value is -3.23. The number of hydrogen-bond donors (Lipinski definition) is 0. The number of carbonyl (C=O) groups excluding carboxylic acids is 1. The van der Waals surface area contributed by atoms with Gasteiger partial charge in [0.15, 0.2) is 0 Å². The number of benzene rings is 2. The summed E-state index contributed by atoms with van der Waals surface area (Å²) >= 11 is 1.54. The van der Waals surface area contributed by atoms with Gasteiger partial charge in [-0.15, -0.1) is 11.3 Å². The fourth-order valence-electron chi connectivity index (χ4n) is 3.58. The molecule has 4 aromatic rings. The van der Waals surface area contributed by atoms with Crippen molar-refractivity contribution in [2.24, 2.45) is 4.40 Å². The minimum absolute atomic E-state index is 0.162. The third kappa shape index (κ3) is 6.30. The second kappa shape index (κ2) is 11.2. The lowest BCUT2D eigenvalue weighted by Gasteiger charge is -2.12. The monoisotopic (exact) mass is 523 g/mol. The Morgan fingerprint density at radius 2 is 1.97 bits per heavy atom. The van der Waals surface area contributed by atoms with Crippen molar-refractivity contribution in [3.63, 3.8) is 0 Å². The number of hydrogen-bond acceptors (Lipinski definition) is 6. The van der Waals surface area contributed by atoms with Crippen LogP contribution in [0, 0.1) is 0 Å². The molecule has 0 N–H and O–H groups in total. The van der Waals surface area contributed by atoms with Gasteiger partial charge >= 0.3 is 5.97 Å². The summed E-state index contributed by atoms with van der Waals surface area (Å²) in [7, 11) is -1.31. The first-order valence-electron chi connectivity index (χ1n) is 11.7. The van der Waals surface area contributed by atoms with Gasteiger partial charge in [0.1, 0.15) is 28.9 Å². The van der Waals surface area contributed by atoms with Gasteiger partial charge in [-0.2, -0.15) is 4.40 Å². The van der Waals surface area contributed by atoms with Crippen molar-refractivity contribution in [3.8, 4) is 16.9 Å². The lowest BCUT2D eigenvalue weighted by molar-refractivity contribution is -0.142. The number of rotatable bonds is 9. The van der Waals surface area contributed by atoms with E-state index in [-0.39, 0.29) is 12.4 Å². The summed E-state index contributed by atoms with van der Waals surface area (Å²) in [6.07, 6.45) is 3.51. The van der Waals surface area contributed by atoms with E-state index in [2.05, 4.69) is 10.5 Å². The minimum Gasteiger partial charge on any atom is -0.489 e. The van der Waals surface area contributed by atoms with Gasteiger partial charge in [-0.25, -0.2) is 4.21 Å². The normalized spacial score (nSPS) is 12.8. The number of thiophene rings is 1. The number of carbonyl (C=O) groups is 1. The Labute approximate surface area is 217 Å². The number of furan rings is 1. The SMILES string of the molecule is CCOC(=O)Cc1ccccc1OCc1cc(-c2csc(/C=N/S(=O)C(C)(C)C)c2)c2occc2c1. The molecule has 2 aromatic carbocycles. The fraction of sp³-hybridized carbons (Fsp3) is 0.286. The van der Waals surface area contributed by atoms with Crippen molar-refractivity contribution in [1.82, 2.24) is 0 Å². The smallest absolute Gasteiger partial charge is 0.310 e. The number of ether oxygens (including phenoxy) is 2. The zero-order valence-electron chi connectivity index (χ0n) is 20.8. The van der Waals surface area contributed by atoms with E-state index in [1.807, 2.05) is 68.6 Å². The molecular formula is C28H29NO5S2. The Kier molecular flexibility index (Phi) is 8.06. The quantitative estimate of drug-likeness (QED) is 0.180. The van der Waals surface area contributed by atoms with E-state index in [0.717, 1.165) is 38.1 Å². The van der Waals surface area contributed by atoms with Crippen LogP contribution >= 0.6 is 11.3 Å². The predicted octanol–water partition coefficient (Wildman–Crippen LogP) is 6.73. The molecule has 0 spiro atoms. The van der Waals surface area contributed by atoms with Crippen molar-refractivity contribution in [1.29, 1.82) is 0 Å². The molecule has 36 heavy (non-hydrogen) atoms. The van der Waals surface area contributed by atoms with Crippen LogP contribution in [0.2, 0.25) is 0 Å². The van der Waals surface area contributed by atoms with Gasteiger partial charge in [0.2, 0.25) is 0 Å². The van der Waals surface area contributed by atoms with E-state index in [0.29, 0.717) is 19.0 Å². The van der Waals surface area contributed by atoms with Gasteiger partial charge in [0.05, 0.1) is 30.3 Å².